The second-order valence-corrected chi connectivity index (χ2v) is 5.70. The van der Waals surface area contributed by atoms with Crippen molar-refractivity contribution < 1.29 is 5.11 Å². The first kappa shape index (κ1) is 12.9. The van der Waals surface area contributed by atoms with E-state index in [1.807, 2.05) is 35.7 Å². The van der Waals surface area contributed by atoms with Crippen molar-refractivity contribution in [2.75, 3.05) is 11.9 Å². The Morgan fingerprint density at radius 1 is 1.35 bits per heavy atom. The number of para-hydroxylation sites is 1. The van der Waals surface area contributed by atoms with Gasteiger partial charge >= 0.3 is 0 Å². The molecule has 5 heteroatoms. The summed E-state index contributed by atoms with van der Waals surface area (Å²) in [7, 11) is 0. The Bertz CT molecular complexity index is 503. The van der Waals surface area contributed by atoms with E-state index in [4.69, 9.17) is 11.6 Å². The van der Waals surface area contributed by atoms with Crippen molar-refractivity contribution in [2.24, 2.45) is 0 Å². The second kappa shape index (κ2) is 5.87. The van der Waals surface area contributed by atoms with Crippen LogP contribution in [0.4, 0.5) is 5.69 Å². The van der Waals surface area contributed by atoms with Gasteiger partial charge in [0.2, 0.25) is 0 Å². The van der Waals surface area contributed by atoms with Gasteiger partial charge < -0.3 is 10.4 Å². The summed E-state index contributed by atoms with van der Waals surface area (Å²) in [6.45, 7) is 0.0182. The Kier molecular flexibility index (Phi) is 4.45. The molecule has 1 unspecified atom stereocenters. The van der Waals surface area contributed by atoms with Crippen LogP contribution < -0.4 is 5.32 Å². The fraction of sp³-hybridized carbons (Fsp3) is 0.167. The molecule has 17 heavy (non-hydrogen) atoms. The minimum atomic E-state index is -0.149. The van der Waals surface area contributed by atoms with Crippen molar-refractivity contribution in [3.05, 3.63) is 50.1 Å². The molecule has 2 nitrogen and oxygen atoms in total. The Balaban J connectivity index is 2.22. The van der Waals surface area contributed by atoms with Crippen molar-refractivity contribution in [3.63, 3.8) is 0 Å². The highest BCUT2D eigenvalue weighted by atomic mass is 79.9. The number of rotatable bonds is 4. The fourth-order valence-corrected chi connectivity index (χ4v) is 3.40. The van der Waals surface area contributed by atoms with Gasteiger partial charge in [0, 0.05) is 9.35 Å². The van der Waals surface area contributed by atoms with Crippen LogP contribution in [0.15, 0.2) is 40.2 Å². The van der Waals surface area contributed by atoms with Crippen LogP contribution in [0.25, 0.3) is 0 Å². The van der Waals surface area contributed by atoms with Crippen molar-refractivity contribution in [1.29, 1.82) is 0 Å². The predicted molar refractivity (Wildman–Crippen MR) is 76.9 cm³/mol. The van der Waals surface area contributed by atoms with E-state index in [0.717, 1.165) is 15.0 Å². The van der Waals surface area contributed by atoms with Crippen molar-refractivity contribution in [1.82, 2.24) is 0 Å². The summed E-state index contributed by atoms with van der Waals surface area (Å²) in [5.41, 5.74) is 0.827. The van der Waals surface area contributed by atoms with E-state index in [9.17, 15) is 5.11 Å². The molecular weight excluding hydrogens is 322 g/mol. The number of halogens is 2. The van der Waals surface area contributed by atoms with Gasteiger partial charge in [0.25, 0.3) is 0 Å². The zero-order valence-corrected chi connectivity index (χ0v) is 12.0. The molecule has 0 radical (unpaired) electrons. The van der Waals surface area contributed by atoms with Gasteiger partial charge in [-0.3, -0.25) is 0 Å². The quantitative estimate of drug-likeness (QED) is 0.874. The molecule has 1 atom stereocenters. The zero-order valence-electron chi connectivity index (χ0n) is 8.86. The molecule has 1 heterocycles. The molecule has 0 spiro atoms. The van der Waals surface area contributed by atoms with Crippen LogP contribution in [0.2, 0.25) is 5.02 Å². The molecular formula is C12H11BrClNOS. The van der Waals surface area contributed by atoms with Gasteiger partial charge in [0.15, 0.2) is 0 Å². The SMILES string of the molecule is OCC(Nc1ccccc1Cl)c1sccc1Br. The number of hydrogen-bond acceptors (Lipinski definition) is 3. The Morgan fingerprint density at radius 2 is 2.12 bits per heavy atom. The van der Waals surface area contributed by atoms with E-state index >= 15 is 0 Å². The maximum absolute atomic E-state index is 9.45. The minimum Gasteiger partial charge on any atom is -0.394 e. The van der Waals surface area contributed by atoms with Crippen molar-refractivity contribution >= 4 is 44.6 Å². The van der Waals surface area contributed by atoms with E-state index in [1.165, 1.54) is 0 Å². The van der Waals surface area contributed by atoms with Crippen LogP contribution in [0, 0.1) is 0 Å². The number of aliphatic hydroxyl groups excluding tert-OH is 1. The molecule has 0 aliphatic rings. The predicted octanol–water partition coefficient (Wildman–Crippen LogP) is 4.31. The van der Waals surface area contributed by atoms with E-state index in [0.29, 0.717) is 5.02 Å². The number of anilines is 1. The highest BCUT2D eigenvalue weighted by Crippen LogP contribution is 2.32. The number of nitrogens with one attached hydrogen (secondary N) is 1. The smallest absolute Gasteiger partial charge is 0.0849 e. The van der Waals surface area contributed by atoms with E-state index < -0.39 is 0 Å². The average molecular weight is 333 g/mol. The third-order valence-electron chi connectivity index (χ3n) is 2.35. The third-order valence-corrected chi connectivity index (χ3v) is 4.66. The molecule has 0 aliphatic carbocycles. The molecule has 2 aromatic rings. The lowest BCUT2D eigenvalue weighted by Crippen LogP contribution is -2.14. The standard InChI is InChI=1S/C12H11BrClNOS/c13-8-5-6-17-12(8)11(7-16)15-10-4-2-1-3-9(10)14/h1-6,11,15-16H,7H2. The first-order valence-electron chi connectivity index (χ1n) is 5.07. The molecule has 2 rings (SSSR count). The van der Waals surface area contributed by atoms with Gasteiger partial charge in [0.1, 0.15) is 0 Å². The van der Waals surface area contributed by atoms with Crippen molar-refractivity contribution in [3.8, 4) is 0 Å². The topological polar surface area (TPSA) is 32.3 Å². The van der Waals surface area contributed by atoms with Gasteiger partial charge in [-0.1, -0.05) is 23.7 Å². The molecule has 0 saturated carbocycles. The molecule has 0 amide bonds. The highest BCUT2D eigenvalue weighted by Gasteiger charge is 2.15. The summed E-state index contributed by atoms with van der Waals surface area (Å²) >= 11 is 11.1. The number of hydrogen-bond donors (Lipinski definition) is 2. The lowest BCUT2D eigenvalue weighted by Gasteiger charge is -2.17. The van der Waals surface area contributed by atoms with Crippen LogP contribution in [0.5, 0.6) is 0 Å². The maximum Gasteiger partial charge on any atom is 0.0849 e. The van der Waals surface area contributed by atoms with E-state index in [1.54, 1.807) is 11.3 Å². The van der Waals surface area contributed by atoms with Crippen LogP contribution >= 0.6 is 38.9 Å². The highest BCUT2D eigenvalue weighted by molar-refractivity contribution is 9.10. The summed E-state index contributed by atoms with van der Waals surface area (Å²) in [4.78, 5) is 1.06. The normalized spacial score (nSPS) is 12.4. The molecule has 1 aromatic carbocycles. The minimum absolute atomic E-state index is 0.0182. The Labute approximate surface area is 117 Å². The maximum atomic E-state index is 9.45. The fourth-order valence-electron chi connectivity index (χ4n) is 1.51. The van der Waals surface area contributed by atoms with Crippen LogP contribution in [-0.2, 0) is 0 Å². The Morgan fingerprint density at radius 3 is 2.71 bits per heavy atom. The largest absolute Gasteiger partial charge is 0.394 e. The summed E-state index contributed by atoms with van der Waals surface area (Å²) in [5.74, 6) is 0. The monoisotopic (exact) mass is 331 g/mol. The van der Waals surface area contributed by atoms with Crippen LogP contribution in [0.3, 0.4) is 0 Å². The van der Waals surface area contributed by atoms with Crippen LogP contribution in [-0.4, -0.2) is 11.7 Å². The first-order valence-corrected chi connectivity index (χ1v) is 7.12. The molecule has 0 saturated heterocycles. The van der Waals surface area contributed by atoms with Gasteiger partial charge in [-0.15, -0.1) is 11.3 Å². The second-order valence-electron chi connectivity index (χ2n) is 3.49. The molecule has 90 valence electrons. The Hall–Kier alpha value is -0.550. The van der Waals surface area contributed by atoms with Crippen LogP contribution in [0.1, 0.15) is 10.9 Å². The van der Waals surface area contributed by atoms with Gasteiger partial charge in [-0.25, -0.2) is 0 Å². The summed E-state index contributed by atoms with van der Waals surface area (Å²) < 4.78 is 1.00. The zero-order chi connectivity index (χ0) is 12.3. The lowest BCUT2D eigenvalue weighted by molar-refractivity contribution is 0.277. The number of thiophene rings is 1. The third kappa shape index (κ3) is 3.01. The molecule has 2 N–H and O–H groups in total. The average Bonchev–Trinajstić information content (AvgIpc) is 2.75. The summed E-state index contributed by atoms with van der Waals surface area (Å²) in [5, 5.41) is 15.3. The van der Waals surface area contributed by atoms with Gasteiger partial charge in [-0.2, -0.15) is 0 Å². The van der Waals surface area contributed by atoms with E-state index in [2.05, 4.69) is 21.2 Å². The lowest BCUT2D eigenvalue weighted by atomic mass is 10.2. The number of aliphatic hydroxyl groups is 1. The van der Waals surface area contributed by atoms with E-state index in [-0.39, 0.29) is 12.6 Å². The summed E-state index contributed by atoms with van der Waals surface area (Å²) in [6, 6.07) is 9.32. The number of benzene rings is 1. The molecule has 0 fully saturated rings. The first-order chi connectivity index (χ1) is 8.22. The van der Waals surface area contributed by atoms with Crippen molar-refractivity contribution in [2.45, 2.75) is 6.04 Å². The molecule has 0 bridgehead atoms. The summed E-state index contributed by atoms with van der Waals surface area (Å²) in [6.07, 6.45) is 0. The molecule has 1 aromatic heterocycles. The van der Waals surface area contributed by atoms with Gasteiger partial charge in [-0.05, 0) is 39.5 Å². The van der Waals surface area contributed by atoms with Gasteiger partial charge in [0.05, 0.1) is 23.4 Å². The molecule has 0 aliphatic heterocycles.